The summed E-state index contributed by atoms with van der Waals surface area (Å²) in [6.45, 7) is 2.08. The average molecular weight is 260 g/mol. The van der Waals surface area contributed by atoms with Crippen molar-refractivity contribution < 1.29 is 8.42 Å². The van der Waals surface area contributed by atoms with Crippen molar-refractivity contribution in [2.75, 3.05) is 24.6 Å². The molecule has 6 heteroatoms. The molecule has 4 nitrogen and oxygen atoms in total. The van der Waals surface area contributed by atoms with E-state index in [0.717, 1.165) is 15.0 Å². The minimum absolute atomic E-state index is 0.578. The quantitative estimate of drug-likeness (QED) is 0.824. The normalized spacial score (nSPS) is 11.8. The van der Waals surface area contributed by atoms with Gasteiger partial charge in [-0.3, -0.25) is 4.72 Å². The van der Waals surface area contributed by atoms with Crippen molar-refractivity contribution in [3.8, 4) is 0 Å². The highest BCUT2D eigenvalue weighted by Gasteiger charge is 2.12. The lowest BCUT2D eigenvalue weighted by Crippen LogP contribution is -2.28. The van der Waals surface area contributed by atoms with Crippen molar-refractivity contribution in [3.63, 3.8) is 0 Å². The van der Waals surface area contributed by atoms with Crippen molar-refractivity contribution in [1.29, 1.82) is 0 Å². The van der Waals surface area contributed by atoms with Gasteiger partial charge in [0.1, 0.15) is 0 Å². The van der Waals surface area contributed by atoms with Crippen molar-refractivity contribution in [2.45, 2.75) is 11.8 Å². The second-order valence-electron chi connectivity index (χ2n) is 3.35. The van der Waals surface area contributed by atoms with Gasteiger partial charge in [0, 0.05) is 24.7 Å². The van der Waals surface area contributed by atoms with Crippen LogP contribution < -0.4 is 4.72 Å². The van der Waals surface area contributed by atoms with Gasteiger partial charge in [0.25, 0.3) is 0 Å². The summed E-state index contributed by atoms with van der Waals surface area (Å²) < 4.78 is 26.7. The highest BCUT2D eigenvalue weighted by molar-refractivity contribution is 7.99. The second-order valence-corrected chi connectivity index (χ2v) is 6.57. The molecule has 0 aromatic heterocycles. The SMILES string of the molecule is CCSc1ccc(NS(=O)(=O)N(C)C)cc1. The third kappa shape index (κ3) is 3.70. The summed E-state index contributed by atoms with van der Waals surface area (Å²) in [6, 6.07) is 7.33. The maximum Gasteiger partial charge on any atom is 0.301 e. The van der Waals surface area contributed by atoms with Crippen LogP contribution in [0.2, 0.25) is 0 Å². The van der Waals surface area contributed by atoms with Crippen LogP contribution in [0.1, 0.15) is 6.92 Å². The minimum atomic E-state index is -3.40. The Bertz CT molecular complexity index is 427. The lowest BCUT2D eigenvalue weighted by atomic mass is 10.3. The minimum Gasteiger partial charge on any atom is -0.271 e. The molecule has 0 aliphatic heterocycles. The van der Waals surface area contributed by atoms with E-state index in [9.17, 15) is 8.42 Å². The standard InChI is InChI=1S/C10H16N2O2S2/c1-4-15-10-7-5-9(6-8-10)11-16(13,14)12(2)3/h5-8,11H,4H2,1-3H3. The van der Waals surface area contributed by atoms with Crippen LogP contribution >= 0.6 is 11.8 Å². The Hall–Kier alpha value is -0.720. The van der Waals surface area contributed by atoms with Crippen molar-refractivity contribution in [1.82, 2.24) is 4.31 Å². The van der Waals surface area contributed by atoms with E-state index in [1.165, 1.54) is 14.1 Å². The van der Waals surface area contributed by atoms with Crippen LogP contribution in [0.5, 0.6) is 0 Å². The van der Waals surface area contributed by atoms with Gasteiger partial charge in [0.2, 0.25) is 0 Å². The lowest BCUT2D eigenvalue weighted by molar-refractivity contribution is 0.527. The molecule has 0 aliphatic rings. The molecule has 0 radical (unpaired) electrons. The molecule has 1 rings (SSSR count). The van der Waals surface area contributed by atoms with Gasteiger partial charge in [0.05, 0.1) is 0 Å². The van der Waals surface area contributed by atoms with Crippen LogP contribution in [0.4, 0.5) is 5.69 Å². The molecule has 90 valence electrons. The van der Waals surface area contributed by atoms with Gasteiger partial charge in [-0.05, 0) is 30.0 Å². The molecule has 0 saturated carbocycles. The third-order valence-electron chi connectivity index (χ3n) is 1.89. The molecule has 1 N–H and O–H groups in total. The van der Waals surface area contributed by atoms with Crippen LogP contribution in [0.3, 0.4) is 0 Å². The van der Waals surface area contributed by atoms with Crippen molar-refractivity contribution in [2.24, 2.45) is 0 Å². The predicted octanol–water partition coefficient (Wildman–Crippen LogP) is 2.02. The zero-order valence-electron chi connectivity index (χ0n) is 9.60. The molecule has 0 bridgehead atoms. The number of rotatable bonds is 5. The van der Waals surface area contributed by atoms with Crippen LogP contribution in [0, 0.1) is 0 Å². The van der Waals surface area contributed by atoms with Gasteiger partial charge >= 0.3 is 10.2 Å². The lowest BCUT2D eigenvalue weighted by Gasteiger charge is -2.13. The van der Waals surface area contributed by atoms with Crippen LogP contribution in [-0.2, 0) is 10.2 Å². The number of anilines is 1. The molecule has 1 aromatic rings. The summed E-state index contributed by atoms with van der Waals surface area (Å²) in [7, 11) is -0.420. The molecule has 0 aliphatic carbocycles. The Labute approximate surface area is 101 Å². The Balaban J connectivity index is 2.76. The second kappa shape index (κ2) is 5.56. The largest absolute Gasteiger partial charge is 0.301 e. The topological polar surface area (TPSA) is 49.4 Å². The fourth-order valence-electron chi connectivity index (χ4n) is 1.03. The Morgan fingerprint density at radius 3 is 2.25 bits per heavy atom. The van der Waals surface area contributed by atoms with Crippen LogP contribution in [-0.4, -0.2) is 32.6 Å². The monoisotopic (exact) mass is 260 g/mol. The van der Waals surface area contributed by atoms with E-state index in [0.29, 0.717) is 5.69 Å². The van der Waals surface area contributed by atoms with Crippen LogP contribution in [0.25, 0.3) is 0 Å². The van der Waals surface area contributed by atoms with Gasteiger partial charge in [0.15, 0.2) is 0 Å². The summed E-state index contributed by atoms with van der Waals surface area (Å²) in [5.41, 5.74) is 0.578. The van der Waals surface area contributed by atoms with Gasteiger partial charge in [-0.15, -0.1) is 11.8 Å². The van der Waals surface area contributed by atoms with E-state index in [2.05, 4.69) is 11.6 Å². The van der Waals surface area contributed by atoms with E-state index in [1.54, 1.807) is 23.9 Å². The van der Waals surface area contributed by atoms with E-state index < -0.39 is 10.2 Å². The van der Waals surface area contributed by atoms with Crippen LogP contribution in [0.15, 0.2) is 29.2 Å². The number of benzene rings is 1. The van der Waals surface area contributed by atoms with E-state index in [4.69, 9.17) is 0 Å². The highest BCUT2D eigenvalue weighted by Crippen LogP contribution is 2.20. The smallest absolute Gasteiger partial charge is 0.271 e. The Kier molecular flexibility index (Phi) is 4.64. The fraction of sp³-hybridized carbons (Fsp3) is 0.400. The van der Waals surface area contributed by atoms with E-state index >= 15 is 0 Å². The molecule has 0 heterocycles. The van der Waals surface area contributed by atoms with E-state index in [1.807, 2.05) is 12.1 Å². The molecule has 1 aromatic carbocycles. The summed E-state index contributed by atoms with van der Waals surface area (Å²) in [6.07, 6.45) is 0. The molecule has 0 unspecified atom stereocenters. The first-order chi connectivity index (χ1) is 7.45. The number of hydrogen-bond donors (Lipinski definition) is 1. The van der Waals surface area contributed by atoms with E-state index in [-0.39, 0.29) is 0 Å². The molecular weight excluding hydrogens is 244 g/mol. The first-order valence-corrected chi connectivity index (χ1v) is 7.31. The summed E-state index contributed by atoms with van der Waals surface area (Å²) in [5.74, 6) is 1.00. The van der Waals surface area contributed by atoms with Gasteiger partial charge in [-0.25, -0.2) is 0 Å². The molecule has 0 fully saturated rings. The van der Waals surface area contributed by atoms with Gasteiger partial charge in [-0.1, -0.05) is 6.92 Å². The molecule has 0 saturated heterocycles. The van der Waals surface area contributed by atoms with Crippen molar-refractivity contribution in [3.05, 3.63) is 24.3 Å². The van der Waals surface area contributed by atoms with Gasteiger partial charge in [-0.2, -0.15) is 12.7 Å². The molecular formula is C10H16N2O2S2. The molecule has 0 atom stereocenters. The molecule has 16 heavy (non-hydrogen) atoms. The zero-order valence-corrected chi connectivity index (χ0v) is 11.2. The molecule has 0 amide bonds. The summed E-state index contributed by atoms with van der Waals surface area (Å²) >= 11 is 1.72. The maximum absolute atomic E-state index is 11.5. The summed E-state index contributed by atoms with van der Waals surface area (Å²) in [5, 5.41) is 0. The number of hydrogen-bond acceptors (Lipinski definition) is 3. The number of thioether (sulfide) groups is 1. The third-order valence-corrected chi connectivity index (χ3v) is 4.24. The summed E-state index contributed by atoms with van der Waals surface area (Å²) in [4.78, 5) is 1.13. The molecule has 0 spiro atoms. The first kappa shape index (κ1) is 13.3. The predicted molar refractivity (Wildman–Crippen MR) is 69.1 cm³/mol. The zero-order chi connectivity index (χ0) is 12.2. The Morgan fingerprint density at radius 2 is 1.81 bits per heavy atom. The number of nitrogens with one attached hydrogen (secondary N) is 1. The average Bonchev–Trinajstić information content (AvgIpc) is 2.21. The first-order valence-electron chi connectivity index (χ1n) is 4.89. The number of nitrogens with zero attached hydrogens (tertiary/aromatic N) is 1. The highest BCUT2D eigenvalue weighted by atomic mass is 32.2. The maximum atomic E-state index is 11.5. The van der Waals surface area contributed by atoms with Crippen molar-refractivity contribution >= 4 is 27.7 Å². The Morgan fingerprint density at radius 1 is 1.25 bits per heavy atom. The fourth-order valence-corrected chi connectivity index (χ4v) is 2.30. The van der Waals surface area contributed by atoms with Gasteiger partial charge < -0.3 is 0 Å².